The number of pyridine rings is 1. The topological polar surface area (TPSA) is 34.1 Å². The van der Waals surface area contributed by atoms with Crippen molar-refractivity contribution in [3.63, 3.8) is 0 Å². The number of nitrogens with one attached hydrogen (secondary N) is 1. The first-order valence-corrected chi connectivity index (χ1v) is 7.14. The van der Waals surface area contributed by atoms with Crippen LogP contribution in [-0.2, 0) is 0 Å². The highest BCUT2D eigenvalue weighted by molar-refractivity contribution is 6.30. The number of ether oxygens (including phenoxy) is 1. The Balaban J connectivity index is 1.55. The third-order valence-electron chi connectivity index (χ3n) is 3.77. The highest BCUT2D eigenvalue weighted by Crippen LogP contribution is 2.39. The van der Waals surface area contributed by atoms with Gasteiger partial charge in [0.05, 0.1) is 19.0 Å². The van der Waals surface area contributed by atoms with Crippen molar-refractivity contribution in [2.24, 2.45) is 0 Å². The van der Waals surface area contributed by atoms with Gasteiger partial charge in [-0.3, -0.25) is 0 Å². The SMILES string of the molecule is COc1ccc(NC2CC(c3cccc(Cl)c3)C2)cn1. The molecule has 0 amide bonds. The Labute approximate surface area is 123 Å². The maximum Gasteiger partial charge on any atom is 0.213 e. The summed E-state index contributed by atoms with van der Waals surface area (Å²) >= 11 is 6.03. The number of methoxy groups -OCH3 is 1. The zero-order chi connectivity index (χ0) is 13.9. The van der Waals surface area contributed by atoms with Crippen LogP contribution in [0, 0.1) is 0 Å². The molecule has 1 aromatic heterocycles. The van der Waals surface area contributed by atoms with Crippen molar-refractivity contribution in [3.05, 3.63) is 53.2 Å². The van der Waals surface area contributed by atoms with Gasteiger partial charge in [-0.2, -0.15) is 0 Å². The molecule has 3 nitrogen and oxygen atoms in total. The summed E-state index contributed by atoms with van der Waals surface area (Å²) < 4.78 is 5.05. The molecule has 20 heavy (non-hydrogen) atoms. The predicted molar refractivity (Wildman–Crippen MR) is 81.6 cm³/mol. The number of hydrogen-bond acceptors (Lipinski definition) is 3. The van der Waals surface area contributed by atoms with Crippen molar-refractivity contribution in [2.75, 3.05) is 12.4 Å². The van der Waals surface area contributed by atoms with Gasteiger partial charge in [0.1, 0.15) is 0 Å². The first kappa shape index (κ1) is 13.3. The van der Waals surface area contributed by atoms with Crippen LogP contribution in [0.15, 0.2) is 42.6 Å². The summed E-state index contributed by atoms with van der Waals surface area (Å²) in [7, 11) is 1.62. The predicted octanol–water partition coefficient (Wildman–Crippen LogP) is 4.10. The van der Waals surface area contributed by atoms with E-state index in [-0.39, 0.29) is 0 Å². The minimum absolute atomic E-state index is 0.508. The van der Waals surface area contributed by atoms with E-state index < -0.39 is 0 Å². The summed E-state index contributed by atoms with van der Waals surface area (Å²) in [6.07, 6.45) is 4.07. The Kier molecular flexibility index (Phi) is 3.79. The van der Waals surface area contributed by atoms with Crippen molar-refractivity contribution < 1.29 is 4.74 Å². The molecule has 1 N–H and O–H groups in total. The number of aromatic nitrogens is 1. The van der Waals surface area contributed by atoms with E-state index in [1.165, 1.54) is 5.56 Å². The van der Waals surface area contributed by atoms with Crippen LogP contribution in [0.1, 0.15) is 24.3 Å². The average Bonchev–Trinajstić information content (AvgIpc) is 2.43. The summed E-state index contributed by atoms with van der Waals surface area (Å²) in [6.45, 7) is 0. The number of nitrogens with zero attached hydrogens (tertiary/aromatic N) is 1. The number of anilines is 1. The van der Waals surface area contributed by atoms with Gasteiger partial charge >= 0.3 is 0 Å². The molecule has 0 unspecified atom stereocenters. The quantitative estimate of drug-likeness (QED) is 0.919. The van der Waals surface area contributed by atoms with Gasteiger partial charge in [-0.1, -0.05) is 23.7 Å². The van der Waals surface area contributed by atoms with Crippen molar-refractivity contribution in [1.82, 2.24) is 4.98 Å². The molecule has 1 heterocycles. The Morgan fingerprint density at radius 2 is 2.10 bits per heavy atom. The molecule has 0 atom stereocenters. The molecule has 1 aliphatic carbocycles. The number of halogens is 1. The molecule has 3 rings (SSSR count). The molecular formula is C16H17ClN2O. The zero-order valence-corrected chi connectivity index (χ0v) is 12.1. The number of hydrogen-bond donors (Lipinski definition) is 1. The molecule has 4 heteroatoms. The van der Waals surface area contributed by atoms with Crippen LogP contribution < -0.4 is 10.1 Å². The van der Waals surface area contributed by atoms with E-state index in [1.807, 2.05) is 30.5 Å². The molecule has 104 valence electrons. The third kappa shape index (κ3) is 2.88. The second kappa shape index (κ2) is 5.71. The summed E-state index contributed by atoms with van der Waals surface area (Å²) in [6, 6.07) is 12.5. The minimum atomic E-state index is 0.508. The Hall–Kier alpha value is -1.74. The molecule has 0 saturated heterocycles. The normalized spacial score (nSPS) is 21.1. The van der Waals surface area contributed by atoms with Gasteiger partial charge in [-0.05, 0) is 42.5 Å². The minimum Gasteiger partial charge on any atom is -0.481 e. The zero-order valence-electron chi connectivity index (χ0n) is 11.3. The van der Waals surface area contributed by atoms with Crippen molar-refractivity contribution in [1.29, 1.82) is 0 Å². The Morgan fingerprint density at radius 3 is 2.75 bits per heavy atom. The first-order valence-electron chi connectivity index (χ1n) is 6.76. The van der Waals surface area contributed by atoms with E-state index in [9.17, 15) is 0 Å². The van der Waals surface area contributed by atoms with E-state index in [2.05, 4.69) is 22.4 Å². The summed E-state index contributed by atoms with van der Waals surface area (Å²) in [5.41, 5.74) is 2.38. The van der Waals surface area contributed by atoms with Gasteiger partial charge in [0.15, 0.2) is 0 Å². The van der Waals surface area contributed by atoms with Crippen molar-refractivity contribution in [3.8, 4) is 5.88 Å². The Morgan fingerprint density at radius 1 is 1.25 bits per heavy atom. The fourth-order valence-corrected chi connectivity index (χ4v) is 2.79. The standard InChI is InChI=1S/C16H17ClN2O/c1-20-16-6-5-14(10-18-16)19-15-8-12(9-15)11-3-2-4-13(17)7-11/h2-7,10,12,15,19H,8-9H2,1H3. The second-order valence-electron chi connectivity index (χ2n) is 5.15. The van der Waals surface area contributed by atoms with Crippen LogP contribution in [0.3, 0.4) is 0 Å². The second-order valence-corrected chi connectivity index (χ2v) is 5.59. The Bertz CT molecular complexity index is 579. The maximum absolute atomic E-state index is 6.03. The third-order valence-corrected chi connectivity index (χ3v) is 4.01. The lowest BCUT2D eigenvalue weighted by Crippen LogP contribution is -2.34. The molecule has 1 saturated carbocycles. The van der Waals surface area contributed by atoms with Crippen LogP contribution >= 0.6 is 11.6 Å². The van der Waals surface area contributed by atoms with Gasteiger partial charge in [-0.25, -0.2) is 4.98 Å². The molecule has 1 fully saturated rings. The van der Waals surface area contributed by atoms with Crippen LogP contribution in [0.4, 0.5) is 5.69 Å². The molecule has 0 aliphatic heterocycles. The maximum atomic E-state index is 6.03. The van der Waals surface area contributed by atoms with E-state index in [0.717, 1.165) is 23.6 Å². The van der Waals surface area contributed by atoms with Crippen LogP contribution in [0.25, 0.3) is 0 Å². The molecule has 0 spiro atoms. The first-order chi connectivity index (χ1) is 9.74. The molecule has 0 bridgehead atoms. The van der Waals surface area contributed by atoms with Crippen LogP contribution in [-0.4, -0.2) is 18.1 Å². The van der Waals surface area contributed by atoms with E-state index in [4.69, 9.17) is 16.3 Å². The van der Waals surface area contributed by atoms with E-state index in [0.29, 0.717) is 17.8 Å². The van der Waals surface area contributed by atoms with Crippen molar-refractivity contribution in [2.45, 2.75) is 24.8 Å². The number of rotatable bonds is 4. The lowest BCUT2D eigenvalue weighted by Gasteiger charge is -2.36. The molecule has 0 radical (unpaired) electrons. The van der Waals surface area contributed by atoms with Crippen LogP contribution in [0.2, 0.25) is 5.02 Å². The fourth-order valence-electron chi connectivity index (χ4n) is 2.59. The number of benzene rings is 1. The summed E-state index contributed by atoms with van der Waals surface area (Å²) in [5.74, 6) is 1.25. The van der Waals surface area contributed by atoms with Crippen molar-refractivity contribution >= 4 is 17.3 Å². The van der Waals surface area contributed by atoms with E-state index in [1.54, 1.807) is 7.11 Å². The fraction of sp³-hybridized carbons (Fsp3) is 0.312. The molecule has 2 aromatic rings. The summed E-state index contributed by atoms with van der Waals surface area (Å²) in [4.78, 5) is 4.20. The van der Waals surface area contributed by atoms with Crippen LogP contribution in [0.5, 0.6) is 5.88 Å². The largest absolute Gasteiger partial charge is 0.481 e. The van der Waals surface area contributed by atoms with Gasteiger partial charge < -0.3 is 10.1 Å². The average molecular weight is 289 g/mol. The van der Waals surface area contributed by atoms with Gasteiger partial charge in [0.2, 0.25) is 5.88 Å². The van der Waals surface area contributed by atoms with Gasteiger partial charge in [0, 0.05) is 17.1 Å². The smallest absolute Gasteiger partial charge is 0.213 e. The lowest BCUT2D eigenvalue weighted by molar-refractivity contribution is 0.373. The summed E-state index contributed by atoms with van der Waals surface area (Å²) in [5, 5.41) is 4.31. The van der Waals surface area contributed by atoms with Gasteiger partial charge in [0.25, 0.3) is 0 Å². The van der Waals surface area contributed by atoms with E-state index >= 15 is 0 Å². The highest BCUT2D eigenvalue weighted by atomic mass is 35.5. The molecule has 1 aliphatic rings. The van der Waals surface area contributed by atoms with Gasteiger partial charge in [-0.15, -0.1) is 0 Å². The highest BCUT2D eigenvalue weighted by Gasteiger charge is 2.30. The lowest BCUT2D eigenvalue weighted by atomic mass is 9.76. The monoisotopic (exact) mass is 288 g/mol. The molecule has 1 aromatic carbocycles. The molecular weight excluding hydrogens is 272 g/mol.